The Bertz CT molecular complexity index is 665. The van der Waals surface area contributed by atoms with E-state index in [4.69, 9.17) is 10.5 Å². The van der Waals surface area contributed by atoms with Crippen molar-refractivity contribution in [2.45, 2.75) is 38.0 Å². The average Bonchev–Trinajstić information content (AvgIpc) is 3.17. The molecule has 4 rings (SSSR count). The van der Waals surface area contributed by atoms with Crippen LogP contribution in [0.5, 0.6) is 11.6 Å². The van der Waals surface area contributed by atoms with Crippen LogP contribution in [0.25, 0.3) is 0 Å². The summed E-state index contributed by atoms with van der Waals surface area (Å²) in [6, 6.07) is 7.99. The van der Waals surface area contributed by atoms with Gasteiger partial charge in [0, 0.05) is 12.0 Å². The van der Waals surface area contributed by atoms with Crippen LogP contribution in [0.1, 0.15) is 42.1 Å². The van der Waals surface area contributed by atoms with E-state index >= 15 is 0 Å². The van der Waals surface area contributed by atoms with Gasteiger partial charge < -0.3 is 10.5 Å². The van der Waals surface area contributed by atoms with E-state index in [0.717, 1.165) is 30.8 Å². The highest BCUT2D eigenvalue weighted by molar-refractivity contribution is 5.41. The minimum absolute atomic E-state index is 0.473. The lowest BCUT2D eigenvalue weighted by Crippen LogP contribution is -2.00. The normalized spacial score (nSPS) is 17.0. The van der Waals surface area contributed by atoms with Crippen LogP contribution < -0.4 is 10.5 Å². The van der Waals surface area contributed by atoms with Crippen LogP contribution in [-0.2, 0) is 12.8 Å². The molecular formula is C16H17N3O. The van der Waals surface area contributed by atoms with Gasteiger partial charge in [0.1, 0.15) is 17.4 Å². The summed E-state index contributed by atoms with van der Waals surface area (Å²) >= 11 is 0. The second kappa shape index (κ2) is 4.47. The number of hydrogen-bond donors (Lipinski definition) is 1. The number of hydrogen-bond acceptors (Lipinski definition) is 4. The van der Waals surface area contributed by atoms with Gasteiger partial charge in [0.25, 0.3) is 0 Å². The second-order valence-electron chi connectivity index (χ2n) is 5.65. The number of nitrogen functional groups attached to an aromatic ring is 1. The second-order valence-corrected chi connectivity index (χ2v) is 5.65. The van der Waals surface area contributed by atoms with Gasteiger partial charge in [0.05, 0.1) is 0 Å². The molecule has 4 nitrogen and oxygen atoms in total. The molecule has 0 atom stereocenters. The molecule has 2 aliphatic rings. The largest absolute Gasteiger partial charge is 0.439 e. The Morgan fingerprint density at radius 1 is 1.05 bits per heavy atom. The van der Waals surface area contributed by atoms with Crippen LogP contribution >= 0.6 is 0 Å². The maximum Gasteiger partial charge on any atom is 0.224 e. The molecule has 4 heteroatoms. The Kier molecular flexibility index (Phi) is 2.62. The molecule has 2 aromatic rings. The van der Waals surface area contributed by atoms with Gasteiger partial charge in [-0.1, -0.05) is 6.07 Å². The fourth-order valence-electron chi connectivity index (χ4n) is 2.77. The number of rotatable bonds is 3. The highest BCUT2D eigenvalue weighted by Gasteiger charge is 2.27. The molecule has 2 aliphatic carbocycles. The third kappa shape index (κ3) is 2.22. The molecule has 0 saturated heterocycles. The number of anilines is 1. The molecule has 1 saturated carbocycles. The summed E-state index contributed by atoms with van der Waals surface area (Å²) in [6.07, 6.45) is 5.88. The van der Waals surface area contributed by atoms with Crippen molar-refractivity contribution in [3.63, 3.8) is 0 Å². The first kappa shape index (κ1) is 11.7. The molecule has 0 radical (unpaired) electrons. The van der Waals surface area contributed by atoms with Crippen molar-refractivity contribution in [2.75, 3.05) is 5.73 Å². The molecule has 20 heavy (non-hydrogen) atoms. The Hall–Kier alpha value is -2.10. The van der Waals surface area contributed by atoms with Gasteiger partial charge >= 0.3 is 0 Å². The molecule has 1 fully saturated rings. The first-order valence-corrected chi connectivity index (χ1v) is 7.22. The van der Waals surface area contributed by atoms with Gasteiger partial charge in [-0.25, -0.2) is 4.98 Å². The number of aryl methyl sites for hydroxylation is 2. The van der Waals surface area contributed by atoms with Crippen molar-refractivity contribution in [3.05, 3.63) is 41.2 Å². The van der Waals surface area contributed by atoms with Gasteiger partial charge in [-0.15, -0.1) is 0 Å². The Balaban J connectivity index is 1.62. The Morgan fingerprint density at radius 2 is 1.90 bits per heavy atom. The van der Waals surface area contributed by atoms with E-state index < -0.39 is 0 Å². The predicted molar refractivity (Wildman–Crippen MR) is 77.0 cm³/mol. The molecule has 1 aromatic carbocycles. The van der Waals surface area contributed by atoms with Gasteiger partial charge in [-0.3, -0.25) is 0 Å². The average molecular weight is 267 g/mol. The summed E-state index contributed by atoms with van der Waals surface area (Å²) in [5.41, 5.74) is 8.68. The summed E-state index contributed by atoms with van der Waals surface area (Å²) in [6.45, 7) is 0. The van der Waals surface area contributed by atoms with Crippen molar-refractivity contribution in [3.8, 4) is 11.6 Å². The van der Waals surface area contributed by atoms with Gasteiger partial charge in [0.15, 0.2) is 0 Å². The van der Waals surface area contributed by atoms with Gasteiger partial charge in [0.2, 0.25) is 5.88 Å². The smallest absolute Gasteiger partial charge is 0.224 e. The van der Waals surface area contributed by atoms with Gasteiger partial charge in [-0.2, -0.15) is 4.98 Å². The Labute approximate surface area is 118 Å². The molecule has 0 bridgehead atoms. The summed E-state index contributed by atoms with van der Waals surface area (Å²) in [5, 5.41) is 0. The molecular weight excluding hydrogens is 250 g/mol. The zero-order valence-electron chi connectivity index (χ0n) is 11.3. The Morgan fingerprint density at radius 3 is 2.75 bits per heavy atom. The highest BCUT2D eigenvalue weighted by Crippen LogP contribution is 2.39. The van der Waals surface area contributed by atoms with E-state index in [1.54, 1.807) is 6.07 Å². The van der Waals surface area contributed by atoms with Crippen LogP contribution in [0, 0.1) is 0 Å². The monoisotopic (exact) mass is 267 g/mol. The highest BCUT2D eigenvalue weighted by atomic mass is 16.5. The number of nitrogens with two attached hydrogens (primary N) is 1. The number of ether oxygens (including phenoxy) is 1. The fraction of sp³-hybridized carbons (Fsp3) is 0.375. The maximum absolute atomic E-state index is 5.87. The van der Waals surface area contributed by atoms with E-state index in [0.29, 0.717) is 17.6 Å². The minimum Gasteiger partial charge on any atom is -0.439 e. The molecule has 0 unspecified atom stereocenters. The minimum atomic E-state index is 0.473. The van der Waals surface area contributed by atoms with Crippen LogP contribution in [0.4, 0.5) is 5.82 Å². The molecule has 0 aliphatic heterocycles. The molecule has 1 heterocycles. The van der Waals surface area contributed by atoms with E-state index in [9.17, 15) is 0 Å². The molecule has 102 valence electrons. The van der Waals surface area contributed by atoms with Crippen molar-refractivity contribution >= 4 is 5.82 Å². The lowest BCUT2D eigenvalue weighted by molar-refractivity contribution is 0.458. The van der Waals surface area contributed by atoms with Crippen molar-refractivity contribution in [1.82, 2.24) is 9.97 Å². The van der Waals surface area contributed by atoms with E-state index in [1.165, 1.54) is 24.0 Å². The molecule has 2 N–H and O–H groups in total. The standard InChI is InChI=1S/C16H17N3O/c17-14-9-15(19-16(18-14)11-4-5-11)20-13-7-6-10-2-1-3-12(10)8-13/h6-9,11H,1-5H2,(H2,17,18,19). The summed E-state index contributed by atoms with van der Waals surface area (Å²) in [5.74, 6) is 3.17. The maximum atomic E-state index is 5.87. The zero-order valence-corrected chi connectivity index (χ0v) is 11.3. The number of fused-ring (bicyclic) bond motifs is 1. The van der Waals surface area contributed by atoms with Crippen molar-refractivity contribution in [2.24, 2.45) is 0 Å². The lowest BCUT2D eigenvalue weighted by atomic mass is 10.1. The first-order chi connectivity index (χ1) is 9.78. The van der Waals surface area contributed by atoms with Crippen molar-refractivity contribution in [1.29, 1.82) is 0 Å². The van der Waals surface area contributed by atoms with E-state index in [-0.39, 0.29) is 0 Å². The summed E-state index contributed by atoms with van der Waals surface area (Å²) in [7, 11) is 0. The predicted octanol–water partition coefficient (Wildman–Crippen LogP) is 3.22. The summed E-state index contributed by atoms with van der Waals surface area (Å²) < 4.78 is 5.87. The number of benzene rings is 1. The third-order valence-electron chi connectivity index (χ3n) is 3.97. The SMILES string of the molecule is Nc1cc(Oc2ccc3c(c2)CCC3)nc(C2CC2)n1. The number of nitrogens with zero attached hydrogens (tertiary/aromatic N) is 2. The van der Waals surface area contributed by atoms with Crippen molar-refractivity contribution < 1.29 is 4.74 Å². The molecule has 0 spiro atoms. The topological polar surface area (TPSA) is 61.0 Å². The fourth-order valence-corrected chi connectivity index (χ4v) is 2.77. The van der Waals surface area contributed by atoms with Crippen LogP contribution in [-0.4, -0.2) is 9.97 Å². The third-order valence-corrected chi connectivity index (χ3v) is 3.97. The zero-order chi connectivity index (χ0) is 13.5. The summed E-state index contributed by atoms with van der Waals surface area (Å²) in [4.78, 5) is 8.75. The quantitative estimate of drug-likeness (QED) is 0.927. The molecule has 0 amide bonds. The first-order valence-electron chi connectivity index (χ1n) is 7.22. The van der Waals surface area contributed by atoms with E-state index in [1.807, 2.05) is 6.07 Å². The lowest BCUT2D eigenvalue weighted by Gasteiger charge is -2.08. The number of aromatic nitrogens is 2. The van der Waals surface area contributed by atoms with E-state index in [2.05, 4.69) is 22.1 Å². The molecule has 1 aromatic heterocycles. The van der Waals surface area contributed by atoms with Gasteiger partial charge in [-0.05, 0) is 55.4 Å². The van der Waals surface area contributed by atoms with Crippen LogP contribution in [0.2, 0.25) is 0 Å². The van der Waals surface area contributed by atoms with Crippen LogP contribution in [0.3, 0.4) is 0 Å². The van der Waals surface area contributed by atoms with Crippen LogP contribution in [0.15, 0.2) is 24.3 Å².